The highest BCUT2D eigenvalue weighted by Gasteiger charge is 2.20. The lowest BCUT2D eigenvalue weighted by Gasteiger charge is -2.19. The summed E-state index contributed by atoms with van der Waals surface area (Å²) < 4.78 is 0. The van der Waals surface area contributed by atoms with Crippen LogP contribution in [0.3, 0.4) is 0 Å². The van der Waals surface area contributed by atoms with Gasteiger partial charge in [-0.15, -0.1) is 0 Å². The molecule has 1 aromatic heterocycles. The largest absolute Gasteiger partial charge is 0.399 e. The number of aromatic amines is 1. The van der Waals surface area contributed by atoms with Crippen LogP contribution in [0.2, 0.25) is 0 Å². The van der Waals surface area contributed by atoms with Gasteiger partial charge in [-0.05, 0) is 41.3 Å². The summed E-state index contributed by atoms with van der Waals surface area (Å²) in [7, 11) is 0. The summed E-state index contributed by atoms with van der Waals surface area (Å²) in [5.74, 6) is 0. The van der Waals surface area contributed by atoms with Crippen LogP contribution < -0.4 is 10.6 Å². The number of nitrogens with zero attached hydrogens (tertiary/aromatic N) is 2. The maximum Gasteiger partial charge on any atom is 0.0922 e. The summed E-state index contributed by atoms with van der Waals surface area (Å²) in [6.07, 6.45) is 4.72. The number of fused-ring (bicyclic) bond motifs is 1. The molecule has 2 aromatic carbocycles. The second kappa shape index (κ2) is 5.22. The second-order valence-electron chi connectivity index (χ2n) is 5.72. The Morgan fingerprint density at radius 1 is 1.14 bits per heavy atom. The van der Waals surface area contributed by atoms with Crippen molar-refractivity contribution < 1.29 is 0 Å². The fraction of sp³-hybridized carbons (Fsp3) is 0.167. The van der Waals surface area contributed by atoms with Crippen molar-refractivity contribution in [3.05, 3.63) is 66.2 Å². The predicted octanol–water partition coefficient (Wildman–Crippen LogP) is 3.22. The van der Waals surface area contributed by atoms with E-state index in [0.717, 1.165) is 36.5 Å². The molecule has 3 N–H and O–H groups in total. The van der Waals surface area contributed by atoms with Gasteiger partial charge >= 0.3 is 0 Å². The highest BCUT2D eigenvalue weighted by Crippen LogP contribution is 2.34. The number of imidazole rings is 1. The molecule has 1 aliphatic rings. The number of nitrogen functional groups attached to an aromatic ring is 1. The standard InChI is InChI=1S/C18H18N4/c19-16-3-1-2-14(8-16)15-5-4-13-6-7-22(18(13)9-15)11-17-10-20-12-21-17/h1-5,8-10,12H,6-7,11,19H2,(H,20,21). The fourth-order valence-corrected chi connectivity index (χ4v) is 3.08. The van der Waals surface area contributed by atoms with E-state index < -0.39 is 0 Å². The summed E-state index contributed by atoms with van der Waals surface area (Å²) in [4.78, 5) is 9.68. The van der Waals surface area contributed by atoms with Gasteiger partial charge in [0.15, 0.2) is 0 Å². The van der Waals surface area contributed by atoms with Crippen molar-refractivity contribution in [1.29, 1.82) is 0 Å². The van der Waals surface area contributed by atoms with E-state index in [1.54, 1.807) is 6.33 Å². The molecular weight excluding hydrogens is 272 g/mol. The smallest absolute Gasteiger partial charge is 0.0922 e. The van der Waals surface area contributed by atoms with E-state index in [-0.39, 0.29) is 0 Å². The molecule has 0 unspecified atom stereocenters. The minimum atomic E-state index is 0.798. The van der Waals surface area contributed by atoms with Crippen molar-refractivity contribution in [2.45, 2.75) is 13.0 Å². The Morgan fingerprint density at radius 2 is 2.05 bits per heavy atom. The van der Waals surface area contributed by atoms with Crippen LogP contribution >= 0.6 is 0 Å². The summed E-state index contributed by atoms with van der Waals surface area (Å²) in [6.45, 7) is 1.92. The third-order valence-corrected chi connectivity index (χ3v) is 4.21. The van der Waals surface area contributed by atoms with Gasteiger partial charge in [-0.3, -0.25) is 0 Å². The number of nitrogens with two attached hydrogens (primary N) is 1. The maximum absolute atomic E-state index is 5.90. The number of hydrogen-bond donors (Lipinski definition) is 2. The molecular formula is C18H18N4. The van der Waals surface area contributed by atoms with Gasteiger partial charge in [0, 0.05) is 24.1 Å². The second-order valence-corrected chi connectivity index (χ2v) is 5.72. The van der Waals surface area contributed by atoms with Crippen LogP contribution in [-0.4, -0.2) is 16.5 Å². The Bertz CT molecular complexity index is 793. The number of benzene rings is 2. The van der Waals surface area contributed by atoms with Gasteiger partial charge in [0.25, 0.3) is 0 Å². The van der Waals surface area contributed by atoms with E-state index in [0.29, 0.717) is 0 Å². The van der Waals surface area contributed by atoms with Gasteiger partial charge in [-0.2, -0.15) is 0 Å². The van der Waals surface area contributed by atoms with Gasteiger partial charge in [0.1, 0.15) is 0 Å². The zero-order valence-corrected chi connectivity index (χ0v) is 12.3. The average Bonchev–Trinajstić information content (AvgIpc) is 3.18. The molecule has 1 aliphatic heterocycles. The topological polar surface area (TPSA) is 57.9 Å². The monoisotopic (exact) mass is 290 g/mol. The van der Waals surface area contributed by atoms with Crippen LogP contribution in [0.15, 0.2) is 55.0 Å². The summed E-state index contributed by atoms with van der Waals surface area (Å²) >= 11 is 0. The van der Waals surface area contributed by atoms with E-state index in [2.05, 4.69) is 39.1 Å². The first kappa shape index (κ1) is 13.0. The van der Waals surface area contributed by atoms with Gasteiger partial charge in [-0.1, -0.05) is 24.3 Å². The Labute approximate surface area is 129 Å². The van der Waals surface area contributed by atoms with E-state index in [1.165, 1.54) is 16.8 Å². The molecule has 4 rings (SSSR count). The molecule has 0 bridgehead atoms. The lowest BCUT2D eigenvalue weighted by molar-refractivity contribution is 0.819. The molecule has 0 atom stereocenters. The van der Waals surface area contributed by atoms with Crippen LogP contribution in [-0.2, 0) is 13.0 Å². The van der Waals surface area contributed by atoms with Gasteiger partial charge in [0.05, 0.1) is 18.6 Å². The summed E-state index contributed by atoms with van der Waals surface area (Å²) in [6, 6.07) is 14.7. The first-order valence-corrected chi connectivity index (χ1v) is 7.50. The lowest BCUT2D eigenvalue weighted by atomic mass is 10.0. The lowest BCUT2D eigenvalue weighted by Crippen LogP contribution is -2.19. The van der Waals surface area contributed by atoms with E-state index in [4.69, 9.17) is 5.73 Å². The summed E-state index contributed by atoms with van der Waals surface area (Å²) in [5, 5.41) is 0. The number of nitrogens with one attached hydrogen (secondary N) is 1. The van der Waals surface area contributed by atoms with Gasteiger partial charge in [0.2, 0.25) is 0 Å². The van der Waals surface area contributed by atoms with Gasteiger partial charge in [-0.25, -0.2) is 4.98 Å². The SMILES string of the molecule is Nc1cccc(-c2ccc3c(c2)N(Cc2cnc[nH]2)CC3)c1. The first-order chi connectivity index (χ1) is 10.8. The van der Waals surface area contributed by atoms with E-state index >= 15 is 0 Å². The molecule has 0 radical (unpaired) electrons. The zero-order chi connectivity index (χ0) is 14.9. The van der Waals surface area contributed by atoms with Crippen LogP contribution in [0.25, 0.3) is 11.1 Å². The predicted molar refractivity (Wildman–Crippen MR) is 89.6 cm³/mol. The number of anilines is 2. The van der Waals surface area contributed by atoms with Crippen molar-refractivity contribution in [2.24, 2.45) is 0 Å². The highest BCUT2D eigenvalue weighted by atomic mass is 15.2. The van der Waals surface area contributed by atoms with Crippen molar-refractivity contribution in [3.8, 4) is 11.1 Å². The Kier molecular flexibility index (Phi) is 3.07. The molecule has 3 aromatic rings. The third-order valence-electron chi connectivity index (χ3n) is 4.21. The normalized spacial score (nSPS) is 13.4. The van der Waals surface area contributed by atoms with Crippen LogP contribution in [0.5, 0.6) is 0 Å². The highest BCUT2D eigenvalue weighted by molar-refractivity contribution is 5.73. The van der Waals surface area contributed by atoms with Crippen LogP contribution in [0.4, 0.5) is 11.4 Å². The van der Waals surface area contributed by atoms with Crippen molar-refractivity contribution in [2.75, 3.05) is 17.2 Å². The quantitative estimate of drug-likeness (QED) is 0.728. The molecule has 2 heterocycles. The third kappa shape index (κ3) is 2.33. The Balaban J connectivity index is 1.68. The van der Waals surface area contributed by atoms with Crippen LogP contribution in [0.1, 0.15) is 11.3 Å². The molecule has 0 spiro atoms. The zero-order valence-electron chi connectivity index (χ0n) is 12.3. The van der Waals surface area contributed by atoms with Crippen molar-refractivity contribution in [1.82, 2.24) is 9.97 Å². The molecule has 0 fully saturated rings. The Morgan fingerprint density at radius 3 is 2.86 bits per heavy atom. The fourth-order valence-electron chi connectivity index (χ4n) is 3.08. The maximum atomic E-state index is 5.90. The van der Waals surface area contributed by atoms with E-state index in [1.807, 2.05) is 24.4 Å². The first-order valence-electron chi connectivity index (χ1n) is 7.50. The minimum absolute atomic E-state index is 0.798. The van der Waals surface area contributed by atoms with Gasteiger partial charge < -0.3 is 15.6 Å². The minimum Gasteiger partial charge on any atom is -0.399 e. The molecule has 22 heavy (non-hydrogen) atoms. The summed E-state index contributed by atoms with van der Waals surface area (Å²) in [5.41, 5.74) is 12.9. The van der Waals surface area contributed by atoms with Crippen molar-refractivity contribution in [3.63, 3.8) is 0 Å². The molecule has 0 amide bonds. The molecule has 4 nitrogen and oxygen atoms in total. The van der Waals surface area contributed by atoms with Crippen LogP contribution in [0, 0.1) is 0 Å². The molecule has 110 valence electrons. The van der Waals surface area contributed by atoms with Crippen molar-refractivity contribution >= 4 is 11.4 Å². The Hall–Kier alpha value is -2.75. The number of H-pyrrole nitrogens is 1. The van der Waals surface area contributed by atoms with E-state index in [9.17, 15) is 0 Å². The molecule has 0 aliphatic carbocycles. The number of hydrogen-bond acceptors (Lipinski definition) is 3. The molecule has 4 heteroatoms. The molecule has 0 saturated carbocycles. The number of rotatable bonds is 3. The molecule has 0 saturated heterocycles. The number of aromatic nitrogens is 2. The average molecular weight is 290 g/mol.